The van der Waals surface area contributed by atoms with E-state index in [1.165, 1.54) is 0 Å². The van der Waals surface area contributed by atoms with E-state index in [0.29, 0.717) is 10.7 Å². The van der Waals surface area contributed by atoms with Gasteiger partial charge in [-0.2, -0.15) is 0 Å². The largest absolute Gasteiger partial charge is 0.397 e. The first-order chi connectivity index (χ1) is 8.66. The van der Waals surface area contributed by atoms with Crippen molar-refractivity contribution in [2.24, 2.45) is 7.05 Å². The maximum atomic E-state index is 6.00. The van der Waals surface area contributed by atoms with E-state index in [0.717, 1.165) is 22.4 Å². The van der Waals surface area contributed by atoms with E-state index in [-0.39, 0.29) is 0 Å². The standard InChI is InChI=1S/C13H11ClN4/c1-18-12-6-8(14)2-3-11(12)17-13(18)9-4-5-16-7-10(9)15/h2-7H,15H2,1H3. The van der Waals surface area contributed by atoms with Crippen LogP contribution in [-0.4, -0.2) is 14.5 Å². The summed E-state index contributed by atoms with van der Waals surface area (Å²) in [5.74, 6) is 0.812. The molecule has 2 aromatic heterocycles. The molecule has 5 heteroatoms. The van der Waals surface area contributed by atoms with Crippen LogP contribution in [0.4, 0.5) is 5.69 Å². The highest BCUT2D eigenvalue weighted by atomic mass is 35.5. The smallest absolute Gasteiger partial charge is 0.143 e. The number of benzene rings is 1. The average Bonchev–Trinajstić information content (AvgIpc) is 2.68. The lowest BCUT2D eigenvalue weighted by molar-refractivity contribution is 0.959. The van der Waals surface area contributed by atoms with Gasteiger partial charge in [0.15, 0.2) is 0 Å². The van der Waals surface area contributed by atoms with Gasteiger partial charge in [0.1, 0.15) is 5.82 Å². The van der Waals surface area contributed by atoms with Gasteiger partial charge in [-0.15, -0.1) is 0 Å². The third-order valence-electron chi connectivity index (χ3n) is 2.94. The number of rotatable bonds is 1. The van der Waals surface area contributed by atoms with Crippen LogP contribution in [-0.2, 0) is 7.05 Å². The molecule has 0 atom stereocenters. The van der Waals surface area contributed by atoms with Crippen LogP contribution in [0.2, 0.25) is 5.02 Å². The Balaban J connectivity index is 2.31. The number of pyridine rings is 1. The number of anilines is 1. The number of nitrogens with zero attached hydrogens (tertiary/aromatic N) is 3. The molecule has 0 fully saturated rings. The molecule has 0 unspecified atom stereocenters. The van der Waals surface area contributed by atoms with Crippen molar-refractivity contribution in [2.45, 2.75) is 0 Å². The highest BCUT2D eigenvalue weighted by Gasteiger charge is 2.12. The quantitative estimate of drug-likeness (QED) is 0.730. The molecule has 0 aliphatic heterocycles. The maximum absolute atomic E-state index is 6.00. The Bertz CT molecular complexity index is 733. The van der Waals surface area contributed by atoms with Crippen molar-refractivity contribution in [1.82, 2.24) is 14.5 Å². The molecule has 2 N–H and O–H groups in total. The van der Waals surface area contributed by atoms with Gasteiger partial charge in [0, 0.05) is 23.8 Å². The van der Waals surface area contributed by atoms with Gasteiger partial charge in [-0.25, -0.2) is 4.98 Å². The fourth-order valence-electron chi connectivity index (χ4n) is 2.01. The number of hydrogen-bond acceptors (Lipinski definition) is 3. The zero-order valence-electron chi connectivity index (χ0n) is 9.76. The summed E-state index contributed by atoms with van der Waals surface area (Å²) in [5.41, 5.74) is 9.30. The predicted molar refractivity (Wildman–Crippen MR) is 73.4 cm³/mol. The van der Waals surface area contributed by atoms with Gasteiger partial charge in [0.2, 0.25) is 0 Å². The molecule has 0 radical (unpaired) electrons. The molecule has 3 aromatic rings. The lowest BCUT2D eigenvalue weighted by atomic mass is 10.2. The highest BCUT2D eigenvalue weighted by Crippen LogP contribution is 2.28. The van der Waals surface area contributed by atoms with Crippen LogP contribution < -0.4 is 5.73 Å². The summed E-state index contributed by atoms with van der Waals surface area (Å²) in [6.07, 6.45) is 3.33. The van der Waals surface area contributed by atoms with Crippen LogP contribution in [0.5, 0.6) is 0 Å². The van der Waals surface area contributed by atoms with Crippen molar-refractivity contribution < 1.29 is 0 Å². The number of fused-ring (bicyclic) bond motifs is 1. The van der Waals surface area contributed by atoms with Crippen molar-refractivity contribution in [2.75, 3.05) is 5.73 Å². The van der Waals surface area contributed by atoms with E-state index in [1.807, 2.05) is 35.9 Å². The first-order valence-electron chi connectivity index (χ1n) is 5.48. The summed E-state index contributed by atoms with van der Waals surface area (Å²) in [6, 6.07) is 7.48. The van der Waals surface area contributed by atoms with Gasteiger partial charge < -0.3 is 10.3 Å². The Morgan fingerprint density at radius 2 is 2.11 bits per heavy atom. The lowest BCUT2D eigenvalue weighted by Crippen LogP contribution is -1.97. The van der Waals surface area contributed by atoms with E-state index in [2.05, 4.69) is 9.97 Å². The molecule has 0 saturated carbocycles. The number of imidazole rings is 1. The molecule has 0 amide bonds. The fourth-order valence-corrected chi connectivity index (χ4v) is 2.18. The number of nitrogens with two attached hydrogens (primary N) is 1. The molecule has 4 nitrogen and oxygen atoms in total. The van der Waals surface area contributed by atoms with Gasteiger partial charge in [0.05, 0.1) is 22.9 Å². The summed E-state index contributed by atoms with van der Waals surface area (Å²) in [4.78, 5) is 8.57. The van der Waals surface area contributed by atoms with Gasteiger partial charge in [0.25, 0.3) is 0 Å². The lowest BCUT2D eigenvalue weighted by Gasteiger charge is -2.04. The van der Waals surface area contributed by atoms with Gasteiger partial charge in [-0.3, -0.25) is 4.98 Å². The topological polar surface area (TPSA) is 56.7 Å². The molecule has 0 aliphatic rings. The summed E-state index contributed by atoms with van der Waals surface area (Å²) in [5, 5.41) is 0.694. The van der Waals surface area contributed by atoms with Crippen molar-refractivity contribution in [1.29, 1.82) is 0 Å². The summed E-state index contributed by atoms with van der Waals surface area (Å²) < 4.78 is 1.98. The minimum absolute atomic E-state index is 0.613. The van der Waals surface area contributed by atoms with Crippen LogP contribution in [0.1, 0.15) is 0 Å². The minimum Gasteiger partial charge on any atom is -0.397 e. The Labute approximate surface area is 109 Å². The Morgan fingerprint density at radius 1 is 1.28 bits per heavy atom. The number of aryl methyl sites for hydroxylation is 1. The molecule has 1 aromatic carbocycles. The number of hydrogen-bond donors (Lipinski definition) is 1. The minimum atomic E-state index is 0.613. The van der Waals surface area contributed by atoms with Crippen LogP contribution in [0.3, 0.4) is 0 Å². The maximum Gasteiger partial charge on any atom is 0.143 e. The summed E-state index contributed by atoms with van der Waals surface area (Å²) >= 11 is 6.00. The van der Waals surface area contributed by atoms with Gasteiger partial charge in [-0.1, -0.05) is 11.6 Å². The molecular weight excluding hydrogens is 248 g/mol. The first-order valence-corrected chi connectivity index (χ1v) is 5.86. The van der Waals surface area contributed by atoms with Crippen LogP contribution in [0.25, 0.3) is 22.4 Å². The Morgan fingerprint density at radius 3 is 2.89 bits per heavy atom. The molecule has 18 heavy (non-hydrogen) atoms. The SMILES string of the molecule is Cn1c(-c2ccncc2N)nc2ccc(Cl)cc21. The monoisotopic (exact) mass is 258 g/mol. The van der Waals surface area contributed by atoms with E-state index in [1.54, 1.807) is 12.4 Å². The Kier molecular flexibility index (Phi) is 2.45. The molecule has 3 rings (SSSR count). The van der Waals surface area contributed by atoms with Crippen LogP contribution >= 0.6 is 11.6 Å². The number of halogens is 1. The number of nitrogen functional groups attached to an aromatic ring is 1. The van der Waals surface area contributed by atoms with E-state index in [9.17, 15) is 0 Å². The summed E-state index contributed by atoms with van der Waals surface area (Å²) in [6.45, 7) is 0. The third kappa shape index (κ3) is 1.62. The van der Waals surface area contributed by atoms with E-state index >= 15 is 0 Å². The van der Waals surface area contributed by atoms with Crippen LogP contribution in [0, 0.1) is 0 Å². The van der Waals surface area contributed by atoms with Gasteiger partial charge in [-0.05, 0) is 24.3 Å². The van der Waals surface area contributed by atoms with E-state index in [4.69, 9.17) is 17.3 Å². The van der Waals surface area contributed by atoms with Crippen molar-refractivity contribution >= 4 is 28.3 Å². The second-order valence-corrected chi connectivity index (χ2v) is 4.53. The second-order valence-electron chi connectivity index (χ2n) is 4.09. The average molecular weight is 259 g/mol. The molecular formula is C13H11ClN4. The van der Waals surface area contributed by atoms with Crippen molar-refractivity contribution in [3.05, 3.63) is 41.7 Å². The van der Waals surface area contributed by atoms with Crippen LogP contribution in [0.15, 0.2) is 36.7 Å². The van der Waals surface area contributed by atoms with Gasteiger partial charge >= 0.3 is 0 Å². The molecule has 0 bridgehead atoms. The summed E-state index contributed by atoms with van der Waals surface area (Å²) in [7, 11) is 1.95. The Hall–Kier alpha value is -2.07. The highest BCUT2D eigenvalue weighted by molar-refractivity contribution is 6.31. The molecule has 90 valence electrons. The third-order valence-corrected chi connectivity index (χ3v) is 3.17. The first kappa shape index (κ1) is 11.0. The normalized spacial score (nSPS) is 11.0. The van der Waals surface area contributed by atoms with E-state index < -0.39 is 0 Å². The zero-order chi connectivity index (χ0) is 12.7. The van der Waals surface area contributed by atoms with Crippen molar-refractivity contribution in [3.8, 4) is 11.4 Å². The molecule has 2 heterocycles. The fraction of sp³-hybridized carbons (Fsp3) is 0.0769. The number of aromatic nitrogens is 3. The zero-order valence-corrected chi connectivity index (χ0v) is 10.5. The molecule has 0 aliphatic carbocycles. The molecule has 0 saturated heterocycles. The molecule has 0 spiro atoms. The van der Waals surface area contributed by atoms with Crippen molar-refractivity contribution in [3.63, 3.8) is 0 Å². The second kappa shape index (κ2) is 3.99. The predicted octanol–water partition coefficient (Wildman–Crippen LogP) is 2.87.